The second-order valence-corrected chi connectivity index (χ2v) is 8.12. The molecular weight excluding hydrogens is 312 g/mol. The van der Waals surface area contributed by atoms with Crippen LogP contribution in [0.25, 0.3) is 0 Å². The molecule has 2 fully saturated rings. The van der Waals surface area contributed by atoms with E-state index in [0.29, 0.717) is 12.5 Å². The van der Waals surface area contributed by atoms with E-state index in [0.717, 1.165) is 44.0 Å². The zero-order valence-corrected chi connectivity index (χ0v) is 15.6. The van der Waals surface area contributed by atoms with Gasteiger partial charge in [-0.2, -0.15) is 0 Å². The third-order valence-electron chi connectivity index (χ3n) is 5.56. The van der Waals surface area contributed by atoms with Gasteiger partial charge in [-0.15, -0.1) is 0 Å². The zero-order chi connectivity index (χ0) is 17.8. The summed E-state index contributed by atoms with van der Waals surface area (Å²) in [6, 6.07) is 8.27. The molecule has 0 radical (unpaired) electrons. The minimum Gasteiger partial charge on any atom is -0.387 e. The van der Waals surface area contributed by atoms with E-state index in [9.17, 15) is 9.90 Å². The highest BCUT2D eigenvalue weighted by atomic mass is 16.3. The third kappa shape index (κ3) is 5.29. The van der Waals surface area contributed by atoms with E-state index in [1.807, 2.05) is 12.1 Å². The Hall–Kier alpha value is -1.39. The molecule has 25 heavy (non-hydrogen) atoms. The van der Waals surface area contributed by atoms with Crippen molar-refractivity contribution in [2.75, 3.05) is 26.2 Å². The van der Waals surface area contributed by atoms with Gasteiger partial charge in [-0.05, 0) is 55.2 Å². The van der Waals surface area contributed by atoms with E-state index in [-0.39, 0.29) is 11.8 Å². The molecule has 2 unspecified atom stereocenters. The molecule has 1 aliphatic heterocycles. The fraction of sp³-hybridized carbons (Fsp3) is 0.667. The molecule has 1 aromatic carbocycles. The van der Waals surface area contributed by atoms with Crippen molar-refractivity contribution < 1.29 is 9.90 Å². The Morgan fingerprint density at radius 3 is 2.52 bits per heavy atom. The number of aliphatic hydroxyl groups excluding tert-OH is 1. The minimum atomic E-state index is -0.491. The number of hydrogen-bond donors (Lipinski definition) is 2. The number of nitrogens with zero attached hydrogens (tertiary/aromatic N) is 1. The van der Waals surface area contributed by atoms with Crippen LogP contribution in [-0.2, 0) is 4.79 Å². The van der Waals surface area contributed by atoms with Crippen LogP contribution in [0, 0.1) is 11.8 Å². The predicted octanol–water partition coefficient (Wildman–Crippen LogP) is 3.08. The smallest absolute Gasteiger partial charge is 0.224 e. The number of amides is 1. The lowest BCUT2D eigenvalue weighted by Crippen LogP contribution is -2.44. The van der Waals surface area contributed by atoms with Crippen LogP contribution >= 0.6 is 0 Å². The molecule has 2 atom stereocenters. The summed E-state index contributed by atoms with van der Waals surface area (Å²) in [7, 11) is 0. The first-order valence-corrected chi connectivity index (χ1v) is 9.81. The first kappa shape index (κ1) is 18.4. The Morgan fingerprint density at radius 1 is 1.20 bits per heavy atom. The molecule has 1 aliphatic carbocycles. The molecule has 0 bridgehead atoms. The van der Waals surface area contributed by atoms with Crippen LogP contribution in [0.3, 0.4) is 0 Å². The van der Waals surface area contributed by atoms with Gasteiger partial charge in [0.25, 0.3) is 0 Å². The van der Waals surface area contributed by atoms with Gasteiger partial charge >= 0.3 is 0 Å². The SMILES string of the molecule is CC(C)c1ccc(C(O)CN2CCCC(C(=O)NCC3CC3)C2)cc1. The average Bonchev–Trinajstić information content (AvgIpc) is 3.44. The van der Waals surface area contributed by atoms with Gasteiger partial charge in [0, 0.05) is 19.6 Å². The Morgan fingerprint density at radius 2 is 1.88 bits per heavy atom. The van der Waals surface area contributed by atoms with E-state index in [4.69, 9.17) is 0 Å². The third-order valence-corrected chi connectivity index (χ3v) is 5.56. The number of likely N-dealkylation sites (tertiary alicyclic amines) is 1. The standard InChI is InChI=1S/C21H32N2O2/c1-15(2)17-7-9-18(10-8-17)20(24)14-23-11-3-4-19(13-23)21(25)22-12-16-5-6-16/h7-10,15-16,19-20,24H,3-6,11-14H2,1-2H3,(H,22,25). The number of hydrogen-bond acceptors (Lipinski definition) is 3. The molecular formula is C21H32N2O2. The Labute approximate surface area is 151 Å². The van der Waals surface area contributed by atoms with E-state index in [1.54, 1.807) is 0 Å². The number of rotatable bonds is 7. The quantitative estimate of drug-likeness (QED) is 0.799. The summed E-state index contributed by atoms with van der Waals surface area (Å²) < 4.78 is 0. The van der Waals surface area contributed by atoms with Crippen LogP contribution in [-0.4, -0.2) is 42.1 Å². The topological polar surface area (TPSA) is 52.6 Å². The van der Waals surface area contributed by atoms with Gasteiger partial charge in [-0.1, -0.05) is 38.1 Å². The first-order valence-electron chi connectivity index (χ1n) is 9.81. The lowest BCUT2D eigenvalue weighted by Gasteiger charge is -2.33. The number of β-amino-alcohol motifs (C(OH)–C–C–N with tert-alkyl or cyclic N) is 1. The second kappa shape index (κ2) is 8.33. The molecule has 4 nitrogen and oxygen atoms in total. The number of nitrogens with one attached hydrogen (secondary N) is 1. The van der Waals surface area contributed by atoms with Crippen LogP contribution in [0.15, 0.2) is 24.3 Å². The summed E-state index contributed by atoms with van der Waals surface area (Å²) in [6.07, 6.45) is 4.03. The first-order chi connectivity index (χ1) is 12.0. The van der Waals surface area contributed by atoms with Gasteiger partial charge in [0.2, 0.25) is 5.91 Å². The van der Waals surface area contributed by atoms with Gasteiger partial charge < -0.3 is 10.4 Å². The van der Waals surface area contributed by atoms with E-state index < -0.39 is 6.10 Å². The summed E-state index contributed by atoms with van der Waals surface area (Å²) in [5.74, 6) is 1.50. The monoisotopic (exact) mass is 344 g/mol. The Balaban J connectivity index is 1.49. The van der Waals surface area contributed by atoms with Crippen LogP contribution in [0.5, 0.6) is 0 Å². The van der Waals surface area contributed by atoms with Crippen molar-refractivity contribution in [3.8, 4) is 0 Å². The summed E-state index contributed by atoms with van der Waals surface area (Å²) in [5, 5.41) is 13.7. The van der Waals surface area contributed by atoms with Crippen LogP contribution in [0.1, 0.15) is 62.7 Å². The largest absolute Gasteiger partial charge is 0.387 e. The zero-order valence-electron chi connectivity index (χ0n) is 15.6. The van der Waals surface area contributed by atoms with E-state index in [2.05, 4.69) is 36.2 Å². The molecule has 1 saturated carbocycles. The molecule has 4 heteroatoms. The highest BCUT2D eigenvalue weighted by molar-refractivity contribution is 5.79. The number of piperidine rings is 1. The molecule has 1 aromatic rings. The lowest BCUT2D eigenvalue weighted by molar-refractivity contribution is -0.127. The van der Waals surface area contributed by atoms with Gasteiger partial charge in [-0.25, -0.2) is 0 Å². The van der Waals surface area contributed by atoms with Crippen molar-refractivity contribution in [1.82, 2.24) is 10.2 Å². The van der Waals surface area contributed by atoms with Crippen molar-refractivity contribution in [3.63, 3.8) is 0 Å². The molecule has 2 aliphatic rings. The maximum Gasteiger partial charge on any atom is 0.224 e. The summed E-state index contributed by atoms with van der Waals surface area (Å²) in [5.41, 5.74) is 2.26. The van der Waals surface area contributed by atoms with Gasteiger partial charge in [-0.3, -0.25) is 9.69 Å². The predicted molar refractivity (Wildman–Crippen MR) is 100 cm³/mol. The minimum absolute atomic E-state index is 0.0722. The normalized spacial score (nSPS) is 22.8. The van der Waals surface area contributed by atoms with Crippen molar-refractivity contribution >= 4 is 5.91 Å². The Bertz CT molecular complexity index is 566. The van der Waals surface area contributed by atoms with Crippen molar-refractivity contribution in [2.45, 2.75) is 51.6 Å². The highest BCUT2D eigenvalue weighted by Crippen LogP contribution is 2.28. The molecule has 1 amide bonds. The van der Waals surface area contributed by atoms with Crippen molar-refractivity contribution in [2.24, 2.45) is 11.8 Å². The lowest BCUT2D eigenvalue weighted by atomic mass is 9.95. The highest BCUT2D eigenvalue weighted by Gasteiger charge is 2.28. The number of carbonyl (C=O) groups excluding carboxylic acids is 1. The fourth-order valence-electron chi connectivity index (χ4n) is 3.60. The molecule has 0 spiro atoms. The summed E-state index contributed by atoms with van der Waals surface area (Å²) in [4.78, 5) is 14.6. The van der Waals surface area contributed by atoms with Gasteiger partial charge in [0.1, 0.15) is 0 Å². The van der Waals surface area contributed by atoms with E-state index in [1.165, 1.54) is 18.4 Å². The van der Waals surface area contributed by atoms with E-state index >= 15 is 0 Å². The Kier molecular flexibility index (Phi) is 6.13. The van der Waals surface area contributed by atoms with Crippen molar-refractivity contribution in [1.29, 1.82) is 0 Å². The number of benzene rings is 1. The van der Waals surface area contributed by atoms with Crippen LogP contribution in [0.2, 0.25) is 0 Å². The number of aliphatic hydroxyl groups is 1. The molecule has 2 N–H and O–H groups in total. The molecule has 1 saturated heterocycles. The second-order valence-electron chi connectivity index (χ2n) is 8.12. The molecule has 138 valence electrons. The fourth-order valence-corrected chi connectivity index (χ4v) is 3.60. The maximum atomic E-state index is 12.3. The van der Waals surface area contributed by atoms with Gasteiger partial charge in [0.15, 0.2) is 0 Å². The average molecular weight is 344 g/mol. The number of carbonyl (C=O) groups is 1. The maximum absolute atomic E-state index is 12.3. The van der Waals surface area contributed by atoms with Crippen LogP contribution in [0.4, 0.5) is 0 Å². The van der Waals surface area contributed by atoms with Gasteiger partial charge in [0.05, 0.1) is 12.0 Å². The molecule has 0 aromatic heterocycles. The molecule has 1 heterocycles. The molecule has 3 rings (SSSR count). The summed E-state index contributed by atoms with van der Waals surface area (Å²) >= 11 is 0. The van der Waals surface area contributed by atoms with Crippen LogP contribution < -0.4 is 5.32 Å². The van der Waals surface area contributed by atoms with Crippen molar-refractivity contribution in [3.05, 3.63) is 35.4 Å². The summed E-state index contributed by atoms with van der Waals surface area (Å²) in [6.45, 7) is 7.53.